The highest BCUT2D eigenvalue weighted by Crippen LogP contribution is 2.22. The van der Waals surface area contributed by atoms with Gasteiger partial charge in [0.15, 0.2) is 0 Å². The third-order valence-corrected chi connectivity index (χ3v) is 4.94. The van der Waals surface area contributed by atoms with Crippen LogP contribution in [0.5, 0.6) is 0 Å². The summed E-state index contributed by atoms with van der Waals surface area (Å²) in [6, 6.07) is 11.2. The Morgan fingerprint density at radius 1 is 1.08 bits per heavy atom. The maximum Gasteiger partial charge on any atom is 0.261 e. The van der Waals surface area contributed by atoms with E-state index in [-0.39, 0.29) is 11.8 Å². The summed E-state index contributed by atoms with van der Waals surface area (Å²) in [7, 11) is 0. The van der Waals surface area contributed by atoms with Crippen LogP contribution < -0.4 is 0 Å². The molecule has 2 amide bonds. The molecule has 1 aliphatic heterocycles. The molecule has 3 rings (SSSR count). The average Bonchev–Trinajstić information content (AvgIpc) is 3.18. The minimum Gasteiger partial charge on any atom is -0.295 e. The molecule has 0 radical (unpaired) electrons. The van der Waals surface area contributed by atoms with Gasteiger partial charge in [-0.15, -0.1) is 17.9 Å². The lowest BCUT2D eigenvalue weighted by atomic mass is 10.1. The summed E-state index contributed by atoms with van der Waals surface area (Å²) in [5.41, 5.74) is 1.04. The van der Waals surface area contributed by atoms with Crippen molar-refractivity contribution in [2.45, 2.75) is 13.0 Å². The Kier molecular flexibility index (Phi) is 5.23. The molecule has 1 aromatic carbocycles. The molecule has 1 aromatic heterocycles. The minimum absolute atomic E-state index is 0.177. The van der Waals surface area contributed by atoms with Crippen LogP contribution in [0.1, 0.15) is 32.0 Å². The van der Waals surface area contributed by atoms with Gasteiger partial charge < -0.3 is 0 Å². The summed E-state index contributed by atoms with van der Waals surface area (Å²) in [6.07, 6.45) is 2.64. The lowest BCUT2D eigenvalue weighted by molar-refractivity contribution is 0.0647. The molecule has 0 atom stereocenters. The zero-order valence-corrected chi connectivity index (χ0v) is 14.3. The van der Waals surface area contributed by atoms with E-state index in [1.807, 2.05) is 12.1 Å². The molecule has 1 aliphatic rings. The van der Waals surface area contributed by atoms with Crippen LogP contribution in [0.15, 0.2) is 54.4 Å². The van der Waals surface area contributed by atoms with Crippen molar-refractivity contribution < 1.29 is 9.59 Å². The van der Waals surface area contributed by atoms with Gasteiger partial charge in [0, 0.05) is 31.1 Å². The van der Waals surface area contributed by atoms with Gasteiger partial charge in [-0.1, -0.05) is 24.3 Å². The first-order valence-corrected chi connectivity index (χ1v) is 8.89. The summed E-state index contributed by atoms with van der Waals surface area (Å²) >= 11 is 1.73. The number of carbonyl (C=O) groups excluding carboxylic acids is 2. The molecule has 2 heterocycles. The largest absolute Gasteiger partial charge is 0.295 e. The van der Waals surface area contributed by atoms with Crippen LogP contribution in [-0.2, 0) is 6.54 Å². The van der Waals surface area contributed by atoms with Crippen molar-refractivity contribution in [2.75, 3.05) is 19.6 Å². The van der Waals surface area contributed by atoms with E-state index in [4.69, 9.17) is 0 Å². The van der Waals surface area contributed by atoms with E-state index in [2.05, 4.69) is 22.9 Å². The van der Waals surface area contributed by atoms with Crippen molar-refractivity contribution in [3.63, 3.8) is 0 Å². The highest BCUT2D eigenvalue weighted by molar-refractivity contribution is 7.09. The fraction of sp³-hybridized carbons (Fsp3) is 0.263. The maximum atomic E-state index is 12.3. The first kappa shape index (κ1) is 16.6. The van der Waals surface area contributed by atoms with Crippen LogP contribution in [0, 0.1) is 0 Å². The SMILES string of the molecule is C=CCN(CCCN1C(=O)c2ccccc2C1=O)Cc1cccs1. The van der Waals surface area contributed by atoms with Crippen molar-refractivity contribution in [1.82, 2.24) is 9.80 Å². The number of hydrogen-bond acceptors (Lipinski definition) is 4. The molecule has 5 heteroatoms. The predicted molar refractivity (Wildman–Crippen MR) is 96.2 cm³/mol. The van der Waals surface area contributed by atoms with Gasteiger partial charge in [-0.3, -0.25) is 19.4 Å². The van der Waals surface area contributed by atoms with E-state index in [0.29, 0.717) is 17.7 Å². The number of thiophene rings is 1. The Hall–Kier alpha value is -2.24. The highest BCUT2D eigenvalue weighted by atomic mass is 32.1. The van der Waals surface area contributed by atoms with Crippen LogP contribution in [-0.4, -0.2) is 41.2 Å². The van der Waals surface area contributed by atoms with E-state index in [1.165, 1.54) is 9.78 Å². The molecule has 0 aliphatic carbocycles. The molecule has 24 heavy (non-hydrogen) atoms. The van der Waals surface area contributed by atoms with E-state index < -0.39 is 0 Å². The van der Waals surface area contributed by atoms with Crippen molar-refractivity contribution >= 4 is 23.2 Å². The van der Waals surface area contributed by atoms with Crippen molar-refractivity contribution in [3.8, 4) is 0 Å². The fourth-order valence-corrected chi connectivity index (χ4v) is 3.68. The summed E-state index contributed by atoms with van der Waals surface area (Å²) in [6.45, 7) is 6.73. The van der Waals surface area contributed by atoms with Crippen LogP contribution in [0.4, 0.5) is 0 Å². The van der Waals surface area contributed by atoms with E-state index in [0.717, 1.165) is 26.1 Å². The molecule has 0 saturated heterocycles. The Balaban J connectivity index is 1.56. The number of nitrogens with zero attached hydrogens (tertiary/aromatic N) is 2. The van der Waals surface area contributed by atoms with Crippen LogP contribution in [0.25, 0.3) is 0 Å². The topological polar surface area (TPSA) is 40.6 Å². The average molecular weight is 340 g/mol. The van der Waals surface area contributed by atoms with Gasteiger partial charge in [0.05, 0.1) is 11.1 Å². The second kappa shape index (κ2) is 7.55. The normalized spacial score (nSPS) is 13.6. The van der Waals surface area contributed by atoms with E-state index >= 15 is 0 Å². The number of hydrogen-bond donors (Lipinski definition) is 0. The number of fused-ring (bicyclic) bond motifs is 1. The molecule has 4 nitrogen and oxygen atoms in total. The monoisotopic (exact) mass is 340 g/mol. The van der Waals surface area contributed by atoms with Crippen LogP contribution in [0.3, 0.4) is 0 Å². The number of amides is 2. The van der Waals surface area contributed by atoms with Gasteiger partial charge in [-0.25, -0.2) is 0 Å². The third kappa shape index (κ3) is 3.47. The standard InChI is InChI=1S/C19H20N2O2S/c1-2-10-20(14-15-7-5-13-24-15)11-6-12-21-18(22)16-8-3-4-9-17(16)19(21)23/h2-5,7-9,13H,1,6,10-12,14H2. The lowest BCUT2D eigenvalue weighted by Crippen LogP contribution is -2.33. The first-order chi connectivity index (χ1) is 11.7. The van der Waals surface area contributed by atoms with Crippen LogP contribution in [0.2, 0.25) is 0 Å². The predicted octanol–water partition coefficient (Wildman–Crippen LogP) is 3.42. The van der Waals surface area contributed by atoms with Gasteiger partial charge in [-0.05, 0) is 30.0 Å². The maximum absolute atomic E-state index is 12.3. The number of carbonyl (C=O) groups is 2. The number of rotatable bonds is 8. The summed E-state index contributed by atoms with van der Waals surface area (Å²) in [5.74, 6) is -0.353. The Labute approximate surface area is 146 Å². The summed E-state index contributed by atoms with van der Waals surface area (Å²) < 4.78 is 0. The molecule has 0 unspecified atom stereocenters. The number of benzene rings is 1. The van der Waals surface area contributed by atoms with Crippen molar-refractivity contribution in [2.24, 2.45) is 0 Å². The fourth-order valence-electron chi connectivity index (χ4n) is 2.94. The Morgan fingerprint density at radius 3 is 2.38 bits per heavy atom. The molecule has 0 saturated carbocycles. The zero-order valence-electron chi connectivity index (χ0n) is 13.5. The molecule has 0 fully saturated rings. The zero-order chi connectivity index (χ0) is 16.9. The molecule has 0 spiro atoms. The van der Waals surface area contributed by atoms with E-state index in [9.17, 15) is 9.59 Å². The quantitative estimate of drug-likeness (QED) is 0.546. The van der Waals surface area contributed by atoms with Gasteiger partial charge in [0.1, 0.15) is 0 Å². The van der Waals surface area contributed by atoms with Gasteiger partial charge in [-0.2, -0.15) is 0 Å². The molecule has 0 bridgehead atoms. The molecule has 0 N–H and O–H groups in total. The Bertz CT molecular complexity index is 705. The first-order valence-electron chi connectivity index (χ1n) is 8.01. The molecular formula is C19H20N2O2S. The second-order valence-corrected chi connectivity index (χ2v) is 6.80. The van der Waals surface area contributed by atoms with E-state index in [1.54, 1.807) is 35.6 Å². The number of imide groups is 1. The highest BCUT2D eigenvalue weighted by Gasteiger charge is 2.34. The lowest BCUT2D eigenvalue weighted by Gasteiger charge is -2.21. The molecule has 2 aromatic rings. The Morgan fingerprint density at radius 2 is 1.79 bits per heavy atom. The van der Waals surface area contributed by atoms with Crippen LogP contribution >= 0.6 is 11.3 Å². The summed E-state index contributed by atoms with van der Waals surface area (Å²) in [5, 5.41) is 2.07. The summed E-state index contributed by atoms with van der Waals surface area (Å²) in [4.78, 5) is 29.6. The molecule has 124 valence electrons. The second-order valence-electron chi connectivity index (χ2n) is 5.76. The third-order valence-electron chi connectivity index (χ3n) is 4.08. The minimum atomic E-state index is -0.177. The molecular weight excluding hydrogens is 320 g/mol. The smallest absolute Gasteiger partial charge is 0.261 e. The van der Waals surface area contributed by atoms with Crippen molar-refractivity contribution in [3.05, 3.63) is 70.4 Å². The van der Waals surface area contributed by atoms with Crippen molar-refractivity contribution in [1.29, 1.82) is 0 Å². The van der Waals surface area contributed by atoms with Gasteiger partial charge in [0.25, 0.3) is 11.8 Å². The van der Waals surface area contributed by atoms with Gasteiger partial charge in [0.2, 0.25) is 0 Å². The van der Waals surface area contributed by atoms with Gasteiger partial charge >= 0.3 is 0 Å².